The van der Waals surface area contributed by atoms with Crippen LogP contribution in [0.1, 0.15) is 135 Å². The van der Waals surface area contributed by atoms with E-state index in [0.717, 1.165) is 63.6 Å². The molecule has 0 aromatic heterocycles. The third-order valence-corrected chi connectivity index (χ3v) is 10.2. The molecule has 3 amide bonds. The lowest BCUT2D eigenvalue weighted by molar-refractivity contribution is -0.126. The van der Waals surface area contributed by atoms with Crippen LogP contribution in [0.4, 0.5) is 0 Å². The first-order valence-corrected chi connectivity index (χ1v) is 23.2. The van der Waals surface area contributed by atoms with Gasteiger partial charge in [0.15, 0.2) is 0 Å². The number of amides is 3. The summed E-state index contributed by atoms with van der Waals surface area (Å²) in [6.07, 6.45) is 20.5. The van der Waals surface area contributed by atoms with Crippen LogP contribution in [0.25, 0.3) is 0 Å². The van der Waals surface area contributed by atoms with Gasteiger partial charge in [0.25, 0.3) is 0 Å². The van der Waals surface area contributed by atoms with Crippen molar-refractivity contribution in [1.29, 1.82) is 0 Å². The Labute approximate surface area is 369 Å². The molecule has 0 aliphatic rings. The molecule has 0 bridgehead atoms. The van der Waals surface area contributed by atoms with E-state index in [1.165, 1.54) is 64.2 Å². The summed E-state index contributed by atoms with van der Waals surface area (Å²) in [5.41, 5.74) is 0.785. The Balaban J connectivity index is 3.65. The van der Waals surface area contributed by atoms with Crippen molar-refractivity contribution in [3.8, 4) is 0 Å². The minimum absolute atomic E-state index is 0.105. The minimum atomic E-state index is -0.679. The van der Waals surface area contributed by atoms with Crippen LogP contribution in [0.5, 0.6) is 0 Å². The molecule has 15 nitrogen and oxygen atoms in total. The van der Waals surface area contributed by atoms with Crippen molar-refractivity contribution in [1.82, 2.24) is 26.4 Å². The zero-order valence-corrected chi connectivity index (χ0v) is 38.5. The van der Waals surface area contributed by atoms with Crippen molar-refractivity contribution in [2.45, 2.75) is 147 Å². The fourth-order valence-electron chi connectivity index (χ4n) is 6.20. The van der Waals surface area contributed by atoms with E-state index in [0.29, 0.717) is 51.7 Å². The summed E-state index contributed by atoms with van der Waals surface area (Å²) in [4.78, 5) is 36.7. The SMILES string of the molecule is C=C(O)CCCCCCCCCCCCCCCCC(=O)N[C@@H](CCC(=O)NCCOCCOCC(=O)NCCOCCOCC(=C)NCCCC[C@H](NP)C(=C)O)C(=C)O. The highest BCUT2D eigenvalue weighted by molar-refractivity contribution is 7.13. The Hall–Kier alpha value is -3.20. The first-order valence-electron chi connectivity index (χ1n) is 22.6. The van der Waals surface area contributed by atoms with Crippen LogP contribution in [0.2, 0.25) is 0 Å². The number of unbranched alkanes of at least 4 members (excludes halogenated alkanes) is 14. The minimum Gasteiger partial charge on any atom is -0.513 e. The molecular formula is C45H84N5O10P. The molecule has 0 aliphatic carbocycles. The molecule has 3 atom stereocenters. The van der Waals surface area contributed by atoms with Gasteiger partial charge in [0.05, 0.1) is 64.1 Å². The molecule has 0 rings (SSSR count). The molecule has 0 radical (unpaired) electrons. The predicted molar refractivity (Wildman–Crippen MR) is 247 cm³/mol. The Morgan fingerprint density at radius 1 is 0.459 bits per heavy atom. The molecule has 61 heavy (non-hydrogen) atoms. The van der Waals surface area contributed by atoms with Crippen LogP contribution in [-0.2, 0) is 33.3 Å². The van der Waals surface area contributed by atoms with E-state index >= 15 is 0 Å². The number of carbonyl (C=O) groups is 3. The first-order chi connectivity index (χ1) is 29.5. The molecule has 0 spiro atoms. The van der Waals surface area contributed by atoms with Gasteiger partial charge in [-0.05, 0) is 38.5 Å². The van der Waals surface area contributed by atoms with Gasteiger partial charge in [0, 0.05) is 44.6 Å². The highest BCUT2D eigenvalue weighted by Crippen LogP contribution is 2.15. The van der Waals surface area contributed by atoms with Crippen LogP contribution in [0.3, 0.4) is 0 Å². The van der Waals surface area contributed by atoms with Gasteiger partial charge in [-0.25, -0.2) is 0 Å². The van der Waals surface area contributed by atoms with Crippen molar-refractivity contribution in [3.05, 3.63) is 49.3 Å². The molecule has 0 aliphatic heterocycles. The van der Waals surface area contributed by atoms with Gasteiger partial charge in [-0.3, -0.25) is 19.5 Å². The van der Waals surface area contributed by atoms with Crippen LogP contribution in [-0.4, -0.2) is 118 Å². The fourth-order valence-corrected chi connectivity index (χ4v) is 6.56. The number of aliphatic hydroxyl groups is 3. The maximum Gasteiger partial charge on any atom is 0.246 e. The summed E-state index contributed by atoms with van der Waals surface area (Å²) in [6.45, 7) is 18.1. The molecule has 0 saturated carbocycles. The highest BCUT2D eigenvalue weighted by Gasteiger charge is 2.17. The van der Waals surface area contributed by atoms with E-state index < -0.39 is 6.04 Å². The molecule has 1 unspecified atom stereocenters. The third kappa shape index (κ3) is 40.6. The van der Waals surface area contributed by atoms with E-state index in [-0.39, 0.29) is 74.6 Å². The van der Waals surface area contributed by atoms with Gasteiger partial charge in [-0.1, -0.05) is 113 Å². The number of hydrogen-bond acceptors (Lipinski definition) is 12. The molecule has 16 heteroatoms. The van der Waals surface area contributed by atoms with Gasteiger partial charge in [0.2, 0.25) is 17.7 Å². The number of aliphatic hydroxyl groups excluding tert-OH is 3. The van der Waals surface area contributed by atoms with Crippen molar-refractivity contribution in [3.63, 3.8) is 0 Å². The summed E-state index contributed by atoms with van der Waals surface area (Å²) in [7, 11) is 2.40. The quantitative estimate of drug-likeness (QED) is 0.0176. The summed E-state index contributed by atoms with van der Waals surface area (Å²) >= 11 is 0. The maximum atomic E-state index is 12.4. The molecule has 0 aromatic rings. The number of carbonyl (C=O) groups excluding carboxylic acids is 3. The summed E-state index contributed by atoms with van der Waals surface area (Å²) in [5.74, 6) is -0.377. The molecule has 0 fully saturated rings. The summed E-state index contributed by atoms with van der Waals surface area (Å²) in [6, 6.07) is -0.798. The van der Waals surface area contributed by atoms with Crippen molar-refractivity contribution in [2.75, 3.05) is 72.5 Å². The third-order valence-electron chi connectivity index (χ3n) is 9.81. The lowest BCUT2D eigenvalue weighted by Crippen LogP contribution is -2.37. The fraction of sp³-hybridized carbons (Fsp3) is 0.756. The number of nitrogens with one attached hydrogen (secondary N) is 5. The lowest BCUT2D eigenvalue weighted by atomic mass is 10.0. The molecule has 0 heterocycles. The number of allylic oxidation sites excluding steroid dienone is 1. The van der Waals surface area contributed by atoms with E-state index in [2.05, 4.69) is 62.1 Å². The largest absolute Gasteiger partial charge is 0.513 e. The molecule has 8 N–H and O–H groups in total. The number of ether oxygens (including phenoxy) is 4. The number of hydrogen-bond donors (Lipinski definition) is 8. The maximum absolute atomic E-state index is 12.4. The van der Waals surface area contributed by atoms with Gasteiger partial charge in [0.1, 0.15) is 18.1 Å². The van der Waals surface area contributed by atoms with Crippen LogP contribution in [0.15, 0.2) is 49.3 Å². The number of rotatable bonds is 46. The van der Waals surface area contributed by atoms with Crippen molar-refractivity contribution >= 4 is 27.1 Å². The lowest BCUT2D eigenvalue weighted by Gasteiger charge is -2.17. The monoisotopic (exact) mass is 886 g/mol. The van der Waals surface area contributed by atoms with E-state index in [1.807, 2.05) is 0 Å². The summed E-state index contributed by atoms with van der Waals surface area (Å²) in [5, 5.41) is 43.0. The predicted octanol–water partition coefficient (Wildman–Crippen LogP) is 7.03. The van der Waals surface area contributed by atoms with E-state index in [1.54, 1.807) is 0 Å². The van der Waals surface area contributed by atoms with E-state index in [4.69, 9.17) is 24.1 Å². The van der Waals surface area contributed by atoms with Gasteiger partial charge in [-0.15, -0.1) is 0 Å². The van der Waals surface area contributed by atoms with Crippen LogP contribution < -0.4 is 26.4 Å². The molecule has 0 aromatic carbocycles. The Bertz CT molecular complexity index is 1190. The second-order valence-electron chi connectivity index (χ2n) is 15.4. The molecule has 0 saturated heterocycles. The van der Waals surface area contributed by atoms with Crippen molar-refractivity contribution < 1.29 is 48.7 Å². The van der Waals surface area contributed by atoms with Gasteiger partial charge >= 0.3 is 0 Å². The Kier molecular flexibility index (Phi) is 39.9. The average Bonchev–Trinajstić information content (AvgIpc) is 3.22. The van der Waals surface area contributed by atoms with Crippen molar-refractivity contribution in [2.24, 2.45) is 0 Å². The second kappa shape index (κ2) is 42.1. The standard InChI is InChI=1S/C45H84N5O10P/c1-37(46-26-20-19-22-42(50-61)40(4)53)35-59-33-31-58-30-28-48-45(56)36-60-34-32-57-29-27-47-43(54)25-24-41(39(3)52)49-44(55)23-18-16-14-12-10-8-6-5-7-9-11-13-15-17-21-38(2)51/h41-42,46,50-53H,1-36,61H2,(H,47,54)(H,48,56)(H,49,55)/t41-,42-/m0/s1. The zero-order chi connectivity index (χ0) is 45.2. The first kappa shape index (κ1) is 57.8. The average molecular weight is 886 g/mol. The van der Waals surface area contributed by atoms with Crippen LogP contribution >= 0.6 is 9.39 Å². The Morgan fingerprint density at radius 2 is 0.934 bits per heavy atom. The van der Waals surface area contributed by atoms with Crippen LogP contribution in [0, 0.1) is 0 Å². The Morgan fingerprint density at radius 3 is 1.44 bits per heavy atom. The molecule has 354 valence electrons. The van der Waals surface area contributed by atoms with Gasteiger partial charge < -0.3 is 55.5 Å². The second-order valence-corrected chi connectivity index (χ2v) is 15.8. The van der Waals surface area contributed by atoms with E-state index in [9.17, 15) is 24.6 Å². The normalized spacial score (nSPS) is 12.0. The van der Waals surface area contributed by atoms with Gasteiger partial charge in [-0.2, -0.15) is 0 Å². The molecular weight excluding hydrogens is 801 g/mol. The topological polar surface area (TPSA) is 209 Å². The zero-order valence-electron chi connectivity index (χ0n) is 37.4. The smallest absolute Gasteiger partial charge is 0.246 e. The highest BCUT2D eigenvalue weighted by atomic mass is 31.0. The summed E-state index contributed by atoms with van der Waals surface area (Å²) < 4.78 is 21.8.